The van der Waals surface area contributed by atoms with Gasteiger partial charge in [0, 0.05) is 5.56 Å². The molecule has 0 radical (unpaired) electrons. The first kappa shape index (κ1) is 34.9. The Kier molecular flexibility index (Phi) is 18.2. The summed E-state index contributed by atoms with van der Waals surface area (Å²) in [5, 5.41) is 0. The number of aryl methyl sites for hydroxylation is 1. The number of esters is 1. The summed E-state index contributed by atoms with van der Waals surface area (Å²) in [6.45, 7) is 7.17. The van der Waals surface area contributed by atoms with Crippen LogP contribution in [0.3, 0.4) is 0 Å². The van der Waals surface area contributed by atoms with Crippen molar-refractivity contribution in [2.24, 2.45) is 5.92 Å². The summed E-state index contributed by atoms with van der Waals surface area (Å²) >= 11 is 0. The molecule has 0 N–H and O–H groups in total. The summed E-state index contributed by atoms with van der Waals surface area (Å²) in [7, 11) is 4.38. The number of carbonyl (C=O) groups excluding carboxylic acids is 1. The number of hydrogen-bond donors (Lipinski definition) is 0. The molecule has 230 valence electrons. The van der Waals surface area contributed by atoms with Gasteiger partial charge in [0.2, 0.25) is 0 Å². The standard InChI is InChI=1S/C37H60NO3/c1-5-7-8-9-10-11-12-13-14-15-19-26-35-27-20-21-28-36(35)40-29-22-23-30-41-37(39)34(6-2)32-38(3,4)31-33-24-17-16-18-25-33/h16-18,20-21,24-25,27-28,34H,5-15,19,22-23,26,29-32H2,1-4H3/q+1. The maximum atomic E-state index is 12.8. The minimum absolute atomic E-state index is 0.0648. The van der Waals surface area contributed by atoms with Crippen LogP contribution in [0.2, 0.25) is 0 Å². The summed E-state index contributed by atoms with van der Waals surface area (Å²) in [6, 6.07) is 19.0. The van der Waals surface area contributed by atoms with Crippen LogP contribution in [0.25, 0.3) is 0 Å². The van der Waals surface area contributed by atoms with Gasteiger partial charge in [0.15, 0.2) is 0 Å². The van der Waals surface area contributed by atoms with E-state index in [1.165, 1.54) is 81.8 Å². The fourth-order valence-electron chi connectivity index (χ4n) is 5.62. The molecule has 4 nitrogen and oxygen atoms in total. The average Bonchev–Trinajstić information content (AvgIpc) is 2.97. The van der Waals surface area contributed by atoms with Crippen molar-refractivity contribution in [3.63, 3.8) is 0 Å². The first-order valence-electron chi connectivity index (χ1n) is 16.7. The molecule has 4 heteroatoms. The van der Waals surface area contributed by atoms with Crippen molar-refractivity contribution in [3.05, 3.63) is 65.7 Å². The van der Waals surface area contributed by atoms with E-state index in [9.17, 15) is 4.79 Å². The van der Waals surface area contributed by atoms with E-state index in [0.29, 0.717) is 13.2 Å². The van der Waals surface area contributed by atoms with Gasteiger partial charge >= 0.3 is 5.97 Å². The molecule has 2 aromatic rings. The molecule has 0 amide bonds. The van der Waals surface area contributed by atoms with Crippen LogP contribution < -0.4 is 4.74 Å². The van der Waals surface area contributed by atoms with Crippen molar-refractivity contribution in [2.75, 3.05) is 33.9 Å². The highest BCUT2D eigenvalue weighted by molar-refractivity contribution is 5.72. The van der Waals surface area contributed by atoms with Crippen LogP contribution in [-0.4, -0.2) is 44.3 Å². The Labute approximate surface area is 252 Å². The summed E-state index contributed by atoms with van der Waals surface area (Å²) in [4.78, 5) is 12.8. The van der Waals surface area contributed by atoms with Crippen molar-refractivity contribution in [1.82, 2.24) is 0 Å². The normalized spacial score (nSPS) is 12.3. The Bertz CT molecular complexity index is 927. The first-order valence-corrected chi connectivity index (χ1v) is 16.7. The monoisotopic (exact) mass is 566 g/mol. The minimum atomic E-state index is -0.0765. The Balaban J connectivity index is 1.57. The van der Waals surface area contributed by atoms with E-state index >= 15 is 0 Å². The second-order valence-electron chi connectivity index (χ2n) is 12.5. The number of rotatable bonds is 24. The number of nitrogens with zero attached hydrogens (tertiary/aromatic N) is 1. The van der Waals surface area contributed by atoms with E-state index in [4.69, 9.17) is 9.47 Å². The van der Waals surface area contributed by atoms with Gasteiger partial charge in [0.1, 0.15) is 18.2 Å². The Morgan fingerprint density at radius 2 is 1.29 bits per heavy atom. The Morgan fingerprint density at radius 3 is 1.95 bits per heavy atom. The van der Waals surface area contributed by atoms with Gasteiger partial charge in [0.05, 0.1) is 33.9 Å². The van der Waals surface area contributed by atoms with E-state index in [-0.39, 0.29) is 11.9 Å². The molecule has 1 atom stereocenters. The van der Waals surface area contributed by atoms with Gasteiger partial charge in [-0.1, -0.05) is 127 Å². The van der Waals surface area contributed by atoms with Crippen LogP contribution in [0, 0.1) is 5.92 Å². The number of quaternary nitrogens is 1. The number of para-hydroxylation sites is 1. The highest BCUT2D eigenvalue weighted by atomic mass is 16.5. The SMILES string of the molecule is CCCCCCCCCCCCCc1ccccc1OCCCCOC(=O)C(CC)C[N+](C)(C)Cc1ccccc1. The largest absolute Gasteiger partial charge is 0.493 e. The molecule has 0 aliphatic heterocycles. The predicted octanol–water partition coefficient (Wildman–Crippen LogP) is 9.55. The van der Waals surface area contributed by atoms with Gasteiger partial charge in [-0.2, -0.15) is 0 Å². The van der Waals surface area contributed by atoms with Gasteiger partial charge in [-0.25, -0.2) is 0 Å². The van der Waals surface area contributed by atoms with E-state index in [0.717, 1.165) is 49.0 Å². The lowest BCUT2D eigenvalue weighted by Crippen LogP contribution is -2.44. The molecule has 2 aromatic carbocycles. The van der Waals surface area contributed by atoms with Crippen LogP contribution in [-0.2, 0) is 22.5 Å². The predicted molar refractivity (Wildman–Crippen MR) is 173 cm³/mol. The summed E-state index contributed by atoms with van der Waals surface area (Å²) < 4.78 is 12.6. The fourth-order valence-corrected chi connectivity index (χ4v) is 5.62. The zero-order valence-corrected chi connectivity index (χ0v) is 26.9. The van der Waals surface area contributed by atoms with Crippen LogP contribution in [0.5, 0.6) is 5.75 Å². The molecule has 0 aliphatic carbocycles. The third kappa shape index (κ3) is 16.0. The third-order valence-corrected chi connectivity index (χ3v) is 8.06. The van der Waals surface area contributed by atoms with E-state index in [1.807, 2.05) is 6.07 Å². The summed E-state index contributed by atoms with van der Waals surface area (Å²) in [5.74, 6) is 0.874. The molecule has 0 saturated carbocycles. The maximum Gasteiger partial charge on any atom is 0.314 e. The average molecular weight is 567 g/mol. The van der Waals surface area contributed by atoms with Gasteiger partial charge < -0.3 is 14.0 Å². The number of ether oxygens (including phenoxy) is 2. The molecule has 0 heterocycles. The van der Waals surface area contributed by atoms with Crippen molar-refractivity contribution in [1.29, 1.82) is 0 Å². The van der Waals surface area contributed by atoms with E-state index in [1.54, 1.807) is 0 Å². The smallest absolute Gasteiger partial charge is 0.314 e. The quantitative estimate of drug-likeness (QED) is 0.0721. The van der Waals surface area contributed by atoms with Crippen molar-refractivity contribution < 1.29 is 18.8 Å². The fraction of sp³-hybridized carbons (Fsp3) is 0.649. The molecule has 2 rings (SSSR count). The maximum absolute atomic E-state index is 12.8. The lowest BCUT2D eigenvalue weighted by molar-refractivity contribution is -0.906. The molecule has 1 unspecified atom stereocenters. The molecule has 0 aromatic heterocycles. The van der Waals surface area contributed by atoms with Gasteiger partial charge in [-0.15, -0.1) is 0 Å². The zero-order chi connectivity index (χ0) is 29.6. The molecule has 41 heavy (non-hydrogen) atoms. The number of carbonyl (C=O) groups is 1. The molecular formula is C37H60NO3+. The topological polar surface area (TPSA) is 35.5 Å². The lowest BCUT2D eigenvalue weighted by atomic mass is 10.0. The van der Waals surface area contributed by atoms with Crippen LogP contribution in [0.15, 0.2) is 54.6 Å². The second-order valence-corrected chi connectivity index (χ2v) is 12.5. The van der Waals surface area contributed by atoms with Crippen molar-refractivity contribution in [2.45, 2.75) is 117 Å². The first-order chi connectivity index (χ1) is 19.9. The van der Waals surface area contributed by atoms with Gasteiger partial charge in [-0.05, 0) is 43.7 Å². The third-order valence-electron chi connectivity index (χ3n) is 8.06. The number of benzene rings is 2. The van der Waals surface area contributed by atoms with Crippen LogP contribution >= 0.6 is 0 Å². The van der Waals surface area contributed by atoms with Crippen LogP contribution in [0.1, 0.15) is 115 Å². The lowest BCUT2D eigenvalue weighted by Gasteiger charge is -2.32. The van der Waals surface area contributed by atoms with Gasteiger partial charge in [-0.3, -0.25) is 4.79 Å². The molecule has 0 fully saturated rings. The molecule has 0 spiro atoms. The number of unbranched alkanes of at least 4 members (excludes halogenated alkanes) is 11. The molecular weight excluding hydrogens is 506 g/mol. The van der Waals surface area contributed by atoms with E-state index < -0.39 is 0 Å². The molecule has 0 aliphatic rings. The van der Waals surface area contributed by atoms with E-state index in [2.05, 4.69) is 76.5 Å². The summed E-state index contributed by atoms with van der Waals surface area (Å²) in [5.41, 5.74) is 2.61. The van der Waals surface area contributed by atoms with Crippen molar-refractivity contribution in [3.8, 4) is 5.75 Å². The second kappa shape index (κ2) is 21.4. The summed E-state index contributed by atoms with van der Waals surface area (Å²) in [6.07, 6.45) is 18.6. The molecule has 0 saturated heterocycles. The highest BCUT2D eigenvalue weighted by Crippen LogP contribution is 2.22. The molecule has 0 bridgehead atoms. The Morgan fingerprint density at radius 1 is 0.707 bits per heavy atom. The zero-order valence-electron chi connectivity index (χ0n) is 26.9. The Hall–Kier alpha value is -2.33. The minimum Gasteiger partial charge on any atom is -0.493 e. The van der Waals surface area contributed by atoms with Crippen LogP contribution in [0.4, 0.5) is 0 Å². The highest BCUT2D eigenvalue weighted by Gasteiger charge is 2.27. The van der Waals surface area contributed by atoms with Crippen molar-refractivity contribution >= 4 is 5.97 Å². The number of hydrogen-bond acceptors (Lipinski definition) is 3. The van der Waals surface area contributed by atoms with Gasteiger partial charge in [0.25, 0.3) is 0 Å².